The first-order valence-corrected chi connectivity index (χ1v) is 13.5. The van der Waals surface area contributed by atoms with Crippen LogP contribution in [0.4, 0.5) is 0 Å². The topological polar surface area (TPSA) is 112 Å². The van der Waals surface area contributed by atoms with Crippen LogP contribution in [-0.4, -0.2) is 79.6 Å². The van der Waals surface area contributed by atoms with Crippen molar-refractivity contribution >= 4 is 20.0 Å². The minimum atomic E-state index is -3.91. The van der Waals surface area contributed by atoms with Crippen molar-refractivity contribution in [2.75, 3.05) is 48.1 Å². The van der Waals surface area contributed by atoms with Crippen LogP contribution in [0.1, 0.15) is 13.3 Å². The van der Waals surface area contributed by atoms with Crippen LogP contribution in [0.5, 0.6) is 23.0 Å². The molecular formula is C22H30N2O8S2. The van der Waals surface area contributed by atoms with Crippen LogP contribution in [0.3, 0.4) is 0 Å². The second-order valence-electron chi connectivity index (χ2n) is 7.55. The van der Waals surface area contributed by atoms with Gasteiger partial charge in [0.25, 0.3) is 0 Å². The van der Waals surface area contributed by atoms with Crippen molar-refractivity contribution in [3.63, 3.8) is 0 Å². The van der Waals surface area contributed by atoms with Gasteiger partial charge in [-0.05, 0) is 30.7 Å². The van der Waals surface area contributed by atoms with Crippen molar-refractivity contribution < 1.29 is 35.8 Å². The molecule has 1 saturated heterocycles. The Kier molecular flexibility index (Phi) is 7.96. The van der Waals surface area contributed by atoms with Gasteiger partial charge in [0.05, 0.1) is 38.2 Å². The summed E-state index contributed by atoms with van der Waals surface area (Å²) in [7, 11) is -1.97. The summed E-state index contributed by atoms with van der Waals surface area (Å²) >= 11 is 0. The molecule has 1 heterocycles. The fourth-order valence-electron chi connectivity index (χ4n) is 4.03. The Balaban J connectivity index is 1.87. The average molecular weight is 515 g/mol. The van der Waals surface area contributed by atoms with Gasteiger partial charge in [0.15, 0.2) is 23.0 Å². The second-order valence-corrected chi connectivity index (χ2v) is 11.4. The van der Waals surface area contributed by atoms with Crippen LogP contribution in [0.25, 0.3) is 0 Å². The Morgan fingerprint density at radius 3 is 1.82 bits per heavy atom. The molecule has 1 aliphatic rings. The predicted molar refractivity (Wildman–Crippen MR) is 126 cm³/mol. The SMILES string of the molecule is CCN([C@@H]1CCN(S(=O)(=O)c2ccc(OC)c(OC)c2)C1)S(=O)(=O)c1ccc(OC)c(OC)c1. The molecule has 3 rings (SSSR count). The highest BCUT2D eigenvalue weighted by molar-refractivity contribution is 7.89. The fourth-order valence-corrected chi connectivity index (χ4v) is 7.21. The number of hydrogen-bond donors (Lipinski definition) is 0. The number of ether oxygens (including phenoxy) is 4. The molecule has 0 aliphatic carbocycles. The zero-order chi connectivity index (χ0) is 25.1. The summed E-state index contributed by atoms with van der Waals surface area (Å²) in [4.78, 5) is 0.102. The van der Waals surface area contributed by atoms with E-state index < -0.39 is 26.1 Å². The molecule has 0 radical (unpaired) electrons. The van der Waals surface area contributed by atoms with Crippen molar-refractivity contribution in [3.05, 3.63) is 36.4 Å². The van der Waals surface area contributed by atoms with Gasteiger partial charge < -0.3 is 18.9 Å². The summed E-state index contributed by atoms with van der Waals surface area (Å²) in [6, 6.07) is 8.25. The molecule has 0 N–H and O–H groups in total. The zero-order valence-corrected chi connectivity index (χ0v) is 21.5. The molecule has 0 bridgehead atoms. The first-order valence-electron chi connectivity index (χ1n) is 10.6. The predicted octanol–water partition coefficient (Wildman–Crippen LogP) is 2.19. The van der Waals surface area contributed by atoms with Gasteiger partial charge >= 0.3 is 0 Å². The third kappa shape index (κ3) is 4.81. The fraction of sp³-hybridized carbons (Fsp3) is 0.455. The maximum absolute atomic E-state index is 13.4. The van der Waals surface area contributed by atoms with Crippen LogP contribution in [0.2, 0.25) is 0 Å². The van der Waals surface area contributed by atoms with Crippen molar-refractivity contribution in [1.82, 2.24) is 8.61 Å². The summed E-state index contributed by atoms with van der Waals surface area (Å²) in [5.74, 6) is 1.42. The number of rotatable bonds is 10. The Morgan fingerprint density at radius 1 is 0.824 bits per heavy atom. The van der Waals surface area contributed by atoms with E-state index in [2.05, 4.69) is 0 Å². The number of likely N-dealkylation sites (N-methyl/N-ethyl adjacent to an activating group) is 1. The highest BCUT2D eigenvalue weighted by atomic mass is 32.2. The third-order valence-corrected chi connectivity index (χ3v) is 9.68. The third-order valence-electron chi connectivity index (χ3n) is 5.80. The summed E-state index contributed by atoms with van der Waals surface area (Å²) in [5, 5.41) is 0. The van der Waals surface area contributed by atoms with Gasteiger partial charge in [-0.3, -0.25) is 0 Å². The smallest absolute Gasteiger partial charge is 0.243 e. The van der Waals surface area contributed by atoms with E-state index >= 15 is 0 Å². The molecule has 0 saturated carbocycles. The van der Waals surface area contributed by atoms with E-state index in [0.29, 0.717) is 29.4 Å². The van der Waals surface area contributed by atoms with Gasteiger partial charge in [-0.1, -0.05) is 6.92 Å². The lowest BCUT2D eigenvalue weighted by Crippen LogP contribution is -2.42. The molecule has 34 heavy (non-hydrogen) atoms. The van der Waals surface area contributed by atoms with Crippen molar-refractivity contribution in [1.29, 1.82) is 0 Å². The van der Waals surface area contributed by atoms with Crippen molar-refractivity contribution in [2.24, 2.45) is 0 Å². The number of nitrogens with zero attached hydrogens (tertiary/aromatic N) is 2. The monoisotopic (exact) mass is 514 g/mol. The number of methoxy groups -OCH3 is 4. The molecule has 10 nitrogen and oxygen atoms in total. The lowest BCUT2D eigenvalue weighted by molar-refractivity contribution is 0.334. The van der Waals surface area contributed by atoms with E-state index in [1.807, 2.05) is 0 Å². The molecule has 1 fully saturated rings. The first-order chi connectivity index (χ1) is 16.1. The molecule has 2 aromatic rings. The van der Waals surface area contributed by atoms with E-state index in [9.17, 15) is 16.8 Å². The molecule has 1 aliphatic heterocycles. The molecular weight excluding hydrogens is 484 g/mol. The van der Waals surface area contributed by atoms with Crippen LogP contribution >= 0.6 is 0 Å². The van der Waals surface area contributed by atoms with Crippen molar-refractivity contribution in [2.45, 2.75) is 29.2 Å². The van der Waals surface area contributed by atoms with E-state index in [1.165, 1.54) is 73.4 Å². The normalized spacial score (nSPS) is 17.1. The molecule has 0 spiro atoms. The number of benzene rings is 2. The minimum Gasteiger partial charge on any atom is -0.493 e. The van der Waals surface area contributed by atoms with Crippen LogP contribution in [0, 0.1) is 0 Å². The molecule has 0 unspecified atom stereocenters. The van der Waals surface area contributed by atoms with Gasteiger partial charge in [-0.25, -0.2) is 16.8 Å². The molecule has 0 aromatic heterocycles. The Labute approximate surface area is 201 Å². The van der Waals surface area contributed by atoms with E-state index in [-0.39, 0.29) is 29.4 Å². The number of sulfonamides is 2. The van der Waals surface area contributed by atoms with E-state index in [0.717, 1.165) is 0 Å². The zero-order valence-electron chi connectivity index (χ0n) is 19.8. The highest BCUT2D eigenvalue weighted by Crippen LogP contribution is 2.34. The number of hydrogen-bond acceptors (Lipinski definition) is 8. The van der Waals surface area contributed by atoms with Gasteiger partial charge in [0.1, 0.15) is 0 Å². The molecule has 1 atom stereocenters. The largest absolute Gasteiger partial charge is 0.493 e. The Hall–Kier alpha value is -2.54. The summed E-state index contributed by atoms with van der Waals surface area (Å²) < 4.78 is 76.9. The Morgan fingerprint density at radius 2 is 1.32 bits per heavy atom. The molecule has 12 heteroatoms. The summed E-state index contributed by atoms with van der Waals surface area (Å²) in [5.41, 5.74) is 0. The maximum Gasteiger partial charge on any atom is 0.243 e. The van der Waals surface area contributed by atoms with Crippen molar-refractivity contribution in [3.8, 4) is 23.0 Å². The second kappa shape index (κ2) is 10.4. The maximum atomic E-state index is 13.4. The van der Waals surface area contributed by atoms with Gasteiger partial charge in [-0.15, -0.1) is 0 Å². The standard InChI is InChI=1S/C22H30N2O8S2/c1-6-24(34(27,28)18-8-10-20(30-3)22(14-18)32-5)16-11-12-23(15-16)33(25,26)17-7-9-19(29-2)21(13-17)31-4/h7-10,13-14,16H,6,11-12,15H2,1-5H3/t16-/m1/s1. The first kappa shape index (κ1) is 26.1. The van der Waals surface area contributed by atoms with E-state index in [4.69, 9.17) is 18.9 Å². The highest BCUT2D eigenvalue weighted by Gasteiger charge is 2.39. The quantitative estimate of drug-likeness (QED) is 0.474. The van der Waals surface area contributed by atoms with Crippen LogP contribution in [0.15, 0.2) is 46.2 Å². The van der Waals surface area contributed by atoms with Gasteiger partial charge in [-0.2, -0.15) is 8.61 Å². The summed E-state index contributed by atoms with van der Waals surface area (Å²) in [6.07, 6.45) is 0.368. The van der Waals surface area contributed by atoms with E-state index in [1.54, 1.807) is 6.92 Å². The molecule has 0 amide bonds. The lowest BCUT2D eigenvalue weighted by Gasteiger charge is -2.27. The lowest BCUT2D eigenvalue weighted by atomic mass is 10.3. The summed E-state index contributed by atoms with van der Waals surface area (Å²) in [6.45, 7) is 2.14. The Bertz CT molecular complexity index is 1230. The van der Waals surface area contributed by atoms with Crippen LogP contribution < -0.4 is 18.9 Å². The van der Waals surface area contributed by atoms with Gasteiger partial charge in [0.2, 0.25) is 20.0 Å². The average Bonchev–Trinajstić information content (AvgIpc) is 3.33. The van der Waals surface area contributed by atoms with Gasteiger partial charge in [0, 0.05) is 37.8 Å². The molecule has 188 valence electrons. The minimum absolute atomic E-state index is 0.0387. The molecule has 2 aromatic carbocycles. The van der Waals surface area contributed by atoms with Crippen LogP contribution in [-0.2, 0) is 20.0 Å².